The number of nitrogens with zero attached hydrogens (tertiary/aromatic N) is 2. The van der Waals surface area contributed by atoms with E-state index in [0.29, 0.717) is 17.8 Å². The molecule has 0 radical (unpaired) electrons. The smallest absolute Gasteiger partial charge is 0.0461 e. The van der Waals surface area contributed by atoms with Crippen LogP contribution in [0.25, 0.3) is 0 Å². The summed E-state index contributed by atoms with van der Waals surface area (Å²) in [5, 5.41) is 0. The highest BCUT2D eigenvalue weighted by Crippen LogP contribution is 2.93. The van der Waals surface area contributed by atoms with Gasteiger partial charge in [-0.05, 0) is 269 Å². The van der Waals surface area contributed by atoms with E-state index in [0.717, 1.165) is 148 Å². The Balaban J connectivity index is 0.767. The van der Waals surface area contributed by atoms with Crippen LogP contribution in [0.4, 0.5) is 34.1 Å². The van der Waals surface area contributed by atoms with Crippen LogP contribution in [0.5, 0.6) is 0 Å². The molecule has 11 fully saturated rings. The first kappa shape index (κ1) is 41.8. The number of para-hydroxylation sites is 4. The Hall–Kier alpha value is -6.12. The summed E-state index contributed by atoms with van der Waals surface area (Å²) in [6, 6.07) is 65.4. The maximum atomic E-state index is 2.98. The zero-order valence-corrected chi connectivity index (χ0v) is 44.9. The Kier molecular flexibility index (Phi) is 7.30. The molecule has 6 aromatic rings. The van der Waals surface area contributed by atoms with Crippen LogP contribution in [-0.4, -0.2) is 0 Å². The fourth-order valence-corrected chi connectivity index (χ4v) is 28.7. The quantitative estimate of drug-likeness (QED) is 0.140. The molecule has 0 N–H and O–H groups in total. The number of rotatable bonds is 8. The van der Waals surface area contributed by atoms with E-state index in [9.17, 15) is 0 Å². The highest BCUT2D eigenvalue weighted by Gasteiger charge is 2.89. The van der Waals surface area contributed by atoms with Gasteiger partial charge < -0.3 is 9.80 Å². The lowest BCUT2D eigenvalue weighted by Gasteiger charge is -2.60. The van der Waals surface area contributed by atoms with Crippen molar-refractivity contribution in [1.29, 1.82) is 0 Å². The zero-order valence-electron chi connectivity index (χ0n) is 44.9. The summed E-state index contributed by atoms with van der Waals surface area (Å²) in [7, 11) is 0. The van der Waals surface area contributed by atoms with Gasteiger partial charge in [0.05, 0.1) is 0 Å². The maximum Gasteiger partial charge on any atom is 0.0461 e. The summed E-state index contributed by atoms with van der Waals surface area (Å²) < 4.78 is 0. The van der Waals surface area contributed by atoms with Gasteiger partial charge in [0.2, 0.25) is 0 Å². The van der Waals surface area contributed by atoms with Gasteiger partial charge in [-0.1, -0.05) is 144 Å². The molecule has 79 heavy (non-hydrogen) atoms. The molecule has 17 aliphatic carbocycles. The number of allylic oxidation sites excluding steroid dienone is 8. The van der Waals surface area contributed by atoms with E-state index in [1.54, 1.807) is 30.4 Å². The molecular formula is C77H68N2. The molecule has 28 atom stereocenters. The minimum atomic E-state index is -0.0727. The summed E-state index contributed by atoms with van der Waals surface area (Å²) in [5.74, 6) is 24.9. The minimum Gasteiger partial charge on any atom is -0.311 e. The van der Waals surface area contributed by atoms with Crippen LogP contribution in [0, 0.1) is 166 Å². The Morgan fingerprint density at radius 2 is 0.671 bits per heavy atom. The molecule has 0 aliphatic heterocycles. The zero-order chi connectivity index (χ0) is 50.2. The van der Waals surface area contributed by atoms with E-state index in [2.05, 4.69) is 221 Å². The third-order valence-corrected chi connectivity index (χ3v) is 29.0. The third kappa shape index (κ3) is 4.36. The second kappa shape index (κ2) is 13.8. The number of benzene rings is 6. The van der Waals surface area contributed by atoms with Gasteiger partial charge in [0, 0.05) is 45.5 Å². The summed E-state index contributed by atoms with van der Waals surface area (Å²) >= 11 is 0. The number of hydrogen-bond donors (Lipinski definition) is 0. The second-order valence-corrected chi connectivity index (χ2v) is 29.7. The van der Waals surface area contributed by atoms with Crippen molar-refractivity contribution >= 4 is 34.1 Å². The molecule has 0 spiro atoms. The SMILES string of the molecule is C1=CC2C3C=CC4C5CCC6C7CCC8C9C7C7C6C5C5C6C%10=C(C2C2C1C1=C%11C2C%10C(C9C%11C8C2C1C2(c1ccc(N(c2ccccc2)c2ccccc2)cc1)c1ccc(N(c2ccccc2)c2ccccc2)cc1)C67)C3C45. The molecule has 28 unspecified atom stereocenters. The molecule has 0 bridgehead atoms. The van der Waals surface area contributed by atoms with Crippen LogP contribution in [-0.2, 0) is 5.41 Å². The van der Waals surface area contributed by atoms with Crippen LogP contribution in [0.3, 0.4) is 0 Å². The predicted molar refractivity (Wildman–Crippen MR) is 312 cm³/mol. The van der Waals surface area contributed by atoms with Crippen molar-refractivity contribution in [2.24, 2.45) is 166 Å². The van der Waals surface area contributed by atoms with Crippen LogP contribution < -0.4 is 9.80 Å². The Morgan fingerprint density at radius 3 is 1.25 bits per heavy atom. The monoisotopic (exact) mass is 1020 g/mol. The lowest BCUT2D eigenvalue weighted by Crippen LogP contribution is -2.57. The van der Waals surface area contributed by atoms with Crippen LogP contribution in [0.15, 0.2) is 216 Å². The largest absolute Gasteiger partial charge is 0.311 e. The van der Waals surface area contributed by atoms with Crippen molar-refractivity contribution in [3.05, 3.63) is 228 Å². The van der Waals surface area contributed by atoms with Gasteiger partial charge in [0.25, 0.3) is 0 Å². The van der Waals surface area contributed by atoms with Gasteiger partial charge >= 0.3 is 0 Å². The topological polar surface area (TPSA) is 6.48 Å². The molecule has 17 aliphatic rings. The molecule has 0 amide bonds. The molecule has 11 saturated carbocycles. The molecule has 6 aromatic carbocycles. The molecule has 2 heteroatoms. The van der Waals surface area contributed by atoms with Crippen LogP contribution >= 0.6 is 0 Å². The van der Waals surface area contributed by atoms with Crippen molar-refractivity contribution in [3.8, 4) is 0 Å². The molecular weight excluding hydrogens is 953 g/mol. The highest BCUT2D eigenvalue weighted by molar-refractivity contribution is 5.79. The van der Waals surface area contributed by atoms with Crippen molar-refractivity contribution in [2.45, 2.75) is 31.1 Å². The molecule has 2 nitrogen and oxygen atoms in total. The Bertz CT molecular complexity index is 3590. The summed E-state index contributed by atoms with van der Waals surface area (Å²) in [4.78, 5) is 4.98. The first-order valence-electron chi connectivity index (χ1n) is 32.1. The summed E-state index contributed by atoms with van der Waals surface area (Å²) in [6.07, 6.45) is 18.1. The maximum absolute atomic E-state index is 2.98. The van der Waals surface area contributed by atoms with Gasteiger partial charge in [-0.25, -0.2) is 0 Å². The molecule has 0 heterocycles. The van der Waals surface area contributed by atoms with Crippen LogP contribution in [0.2, 0.25) is 0 Å². The van der Waals surface area contributed by atoms with E-state index in [1.165, 1.54) is 40.5 Å². The van der Waals surface area contributed by atoms with E-state index in [-0.39, 0.29) is 5.41 Å². The van der Waals surface area contributed by atoms with E-state index < -0.39 is 0 Å². The lowest BCUT2D eigenvalue weighted by molar-refractivity contribution is -0.127. The van der Waals surface area contributed by atoms with Crippen molar-refractivity contribution in [1.82, 2.24) is 0 Å². The van der Waals surface area contributed by atoms with Gasteiger partial charge in [-0.2, -0.15) is 0 Å². The molecule has 0 aromatic heterocycles. The molecule has 386 valence electrons. The van der Waals surface area contributed by atoms with E-state index in [4.69, 9.17) is 0 Å². The van der Waals surface area contributed by atoms with E-state index in [1.807, 2.05) is 5.57 Å². The van der Waals surface area contributed by atoms with Gasteiger partial charge in [-0.3, -0.25) is 0 Å². The lowest BCUT2D eigenvalue weighted by atomic mass is 9.44. The van der Waals surface area contributed by atoms with Gasteiger partial charge in [0.15, 0.2) is 0 Å². The summed E-state index contributed by atoms with van der Waals surface area (Å²) in [5.41, 5.74) is 19.2. The fraction of sp³-hybridized carbons (Fsp3) is 0.429. The third-order valence-electron chi connectivity index (χ3n) is 29.0. The van der Waals surface area contributed by atoms with Crippen molar-refractivity contribution < 1.29 is 0 Å². The molecule has 23 rings (SSSR count). The van der Waals surface area contributed by atoms with Crippen molar-refractivity contribution in [3.63, 3.8) is 0 Å². The number of anilines is 6. The Labute approximate surface area is 465 Å². The Morgan fingerprint density at radius 1 is 0.278 bits per heavy atom. The normalized spacial score (nSPS) is 48.5. The average molecular weight is 1020 g/mol. The highest BCUT2D eigenvalue weighted by atomic mass is 15.1. The standard InChI is InChI=1S/C77H68N2/c1-5-13-39(14-6-1)78(40-15-7-2-8-16-40)43-25-21-37(22-26-43)77(38-23-27-44(28-24-38)79(41-17-9-3-10-18-41)42-19-11-4-12-20-42)75-61-51-35-33-49-47-31-29-45-46-30-32-48-50-34-36-52-60-58(50)65-56(48)54(46)63-53(45)55(47)64-57(49)59(51)66-68(61)69(62(52)76(75)77)67(60)74-72(65)70(63)71(64)73(66)74/h1-29,31,33,35,45-60,62-63,65-67,69-70,72-76H,30,32,34,36H2. The first-order valence-corrected chi connectivity index (χ1v) is 32.1. The number of fused-ring (bicyclic) bond motifs is 8. The fourth-order valence-electron chi connectivity index (χ4n) is 28.7. The second-order valence-electron chi connectivity index (χ2n) is 29.7. The molecule has 0 saturated heterocycles. The predicted octanol–water partition coefficient (Wildman–Crippen LogP) is 16.7. The number of hydrogen-bond acceptors (Lipinski definition) is 2. The first-order chi connectivity index (χ1) is 39.3. The van der Waals surface area contributed by atoms with Gasteiger partial charge in [0.1, 0.15) is 0 Å². The average Bonchev–Trinajstić information content (AvgIpc) is 3.86. The van der Waals surface area contributed by atoms with Crippen molar-refractivity contribution in [2.75, 3.05) is 9.80 Å². The van der Waals surface area contributed by atoms with E-state index >= 15 is 0 Å². The van der Waals surface area contributed by atoms with Crippen LogP contribution in [0.1, 0.15) is 36.8 Å². The van der Waals surface area contributed by atoms with Gasteiger partial charge in [-0.15, -0.1) is 0 Å². The summed E-state index contributed by atoms with van der Waals surface area (Å²) in [6.45, 7) is 0. The minimum absolute atomic E-state index is 0.0727.